The topological polar surface area (TPSA) is 57.3 Å². The van der Waals surface area contributed by atoms with Gasteiger partial charge in [0, 0.05) is 6.92 Å². The molecule has 0 N–H and O–H groups in total. The Kier molecular flexibility index (Phi) is 1.45. The quantitative estimate of drug-likeness (QED) is 0.406. The van der Waals surface area contributed by atoms with Gasteiger partial charge in [-0.1, -0.05) is 0 Å². The third-order valence-corrected chi connectivity index (χ3v) is 2.56. The molecule has 0 unspecified atom stereocenters. The van der Waals surface area contributed by atoms with Crippen molar-refractivity contribution in [2.24, 2.45) is 0 Å². The smallest absolute Gasteiger partial charge is 0.303 e. The standard InChI is InChI=1S/C8H10O5/c1-3(9)11-7-6-5(13-6)4-2-10-8(7)12-4/h4-8H,2H2,1H3/t4-,5-,6-,7-,8+/m0/s1. The molecule has 3 aliphatic rings. The van der Waals surface area contributed by atoms with Gasteiger partial charge in [0.2, 0.25) is 0 Å². The summed E-state index contributed by atoms with van der Waals surface area (Å²) in [6.45, 7) is 1.92. The van der Waals surface area contributed by atoms with E-state index < -0.39 is 6.29 Å². The minimum Gasteiger partial charge on any atom is -0.454 e. The summed E-state index contributed by atoms with van der Waals surface area (Å²) in [5, 5.41) is 0. The van der Waals surface area contributed by atoms with E-state index in [-0.39, 0.29) is 30.4 Å². The maximum absolute atomic E-state index is 10.8. The minimum absolute atomic E-state index is 0.00449. The van der Waals surface area contributed by atoms with Crippen molar-refractivity contribution in [1.29, 1.82) is 0 Å². The molecule has 13 heavy (non-hydrogen) atoms. The normalized spacial score (nSPS) is 51.3. The van der Waals surface area contributed by atoms with E-state index in [1.165, 1.54) is 6.92 Å². The molecule has 0 spiro atoms. The molecule has 3 fully saturated rings. The van der Waals surface area contributed by atoms with Crippen LogP contribution in [-0.2, 0) is 23.7 Å². The van der Waals surface area contributed by atoms with Gasteiger partial charge < -0.3 is 18.9 Å². The molecular weight excluding hydrogens is 176 g/mol. The molecule has 2 bridgehead atoms. The van der Waals surface area contributed by atoms with Crippen LogP contribution in [0.3, 0.4) is 0 Å². The lowest BCUT2D eigenvalue weighted by atomic mass is 10.1. The van der Waals surface area contributed by atoms with E-state index in [9.17, 15) is 4.79 Å². The summed E-state index contributed by atoms with van der Waals surface area (Å²) in [4.78, 5) is 10.8. The zero-order chi connectivity index (χ0) is 9.00. The molecule has 3 saturated heterocycles. The highest BCUT2D eigenvalue weighted by Crippen LogP contribution is 2.42. The van der Waals surface area contributed by atoms with Crippen LogP contribution < -0.4 is 0 Å². The Morgan fingerprint density at radius 3 is 3.00 bits per heavy atom. The fraction of sp³-hybridized carbons (Fsp3) is 0.875. The molecule has 0 aromatic heterocycles. The van der Waals surface area contributed by atoms with Crippen molar-refractivity contribution in [3.63, 3.8) is 0 Å². The second-order valence-electron chi connectivity index (χ2n) is 3.52. The number of carbonyl (C=O) groups excluding carboxylic acids is 1. The van der Waals surface area contributed by atoms with Gasteiger partial charge in [-0.25, -0.2) is 0 Å². The van der Waals surface area contributed by atoms with E-state index in [0.29, 0.717) is 6.61 Å². The third-order valence-electron chi connectivity index (χ3n) is 2.56. The Morgan fingerprint density at radius 2 is 2.23 bits per heavy atom. The highest BCUT2D eigenvalue weighted by atomic mass is 16.8. The van der Waals surface area contributed by atoms with Crippen LogP contribution in [0, 0.1) is 0 Å². The predicted molar refractivity (Wildman–Crippen MR) is 38.8 cm³/mol. The van der Waals surface area contributed by atoms with E-state index in [2.05, 4.69) is 0 Å². The van der Waals surface area contributed by atoms with Crippen LogP contribution >= 0.6 is 0 Å². The molecule has 0 aliphatic carbocycles. The Labute approximate surface area is 74.9 Å². The number of rotatable bonds is 1. The monoisotopic (exact) mass is 186 g/mol. The van der Waals surface area contributed by atoms with Gasteiger partial charge in [-0.3, -0.25) is 4.79 Å². The van der Waals surface area contributed by atoms with Crippen molar-refractivity contribution < 1.29 is 23.7 Å². The number of esters is 1. The van der Waals surface area contributed by atoms with Crippen molar-refractivity contribution in [1.82, 2.24) is 0 Å². The molecule has 5 heteroatoms. The maximum Gasteiger partial charge on any atom is 0.303 e. The zero-order valence-electron chi connectivity index (χ0n) is 7.14. The van der Waals surface area contributed by atoms with Crippen molar-refractivity contribution >= 4 is 5.97 Å². The molecule has 0 saturated carbocycles. The van der Waals surface area contributed by atoms with Crippen LogP contribution in [0.25, 0.3) is 0 Å². The Bertz CT molecular complexity index is 253. The number of ether oxygens (including phenoxy) is 4. The predicted octanol–water partition coefficient (Wildman–Crippen LogP) is -0.559. The van der Waals surface area contributed by atoms with Gasteiger partial charge in [0.05, 0.1) is 6.61 Å². The Balaban J connectivity index is 1.76. The zero-order valence-corrected chi connectivity index (χ0v) is 7.14. The highest BCUT2D eigenvalue weighted by molar-refractivity contribution is 5.66. The Morgan fingerprint density at radius 1 is 1.38 bits per heavy atom. The van der Waals surface area contributed by atoms with Crippen molar-refractivity contribution in [2.45, 2.75) is 37.6 Å². The third kappa shape index (κ3) is 1.08. The summed E-state index contributed by atoms with van der Waals surface area (Å²) in [7, 11) is 0. The summed E-state index contributed by atoms with van der Waals surface area (Å²) in [5.41, 5.74) is 0. The van der Waals surface area contributed by atoms with Crippen LogP contribution in [0.1, 0.15) is 6.92 Å². The van der Waals surface area contributed by atoms with E-state index in [4.69, 9.17) is 18.9 Å². The molecule has 3 aliphatic heterocycles. The van der Waals surface area contributed by atoms with Gasteiger partial charge in [-0.05, 0) is 0 Å². The van der Waals surface area contributed by atoms with Gasteiger partial charge in [0.15, 0.2) is 12.4 Å². The van der Waals surface area contributed by atoms with Gasteiger partial charge >= 0.3 is 5.97 Å². The molecule has 0 amide bonds. The second-order valence-corrected chi connectivity index (χ2v) is 3.52. The van der Waals surface area contributed by atoms with Crippen LogP contribution in [0.2, 0.25) is 0 Å². The summed E-state index contributed by atoms with van der Waals surface area (Å²) in [6.07, 6.45) is -0.682. The summed E-state index contributed by atoms with van der Waals surface area (Å²) < 4.78 is 21.2. The van der Waals surface area contributed by atoms with E-state index >= 15 is 0 Å². The number of carbonyl (C=O) groups is 1. The first kappa shape index (κ1) is 7.73. The number of hydrogen-bond acceptors (Lipinski definition) is 5. The van der Waals surface area contributed by atoms with Gasteiger partial charge in [0.25, 0.3) is 0 Å². The number of epoxide rings is 1. The molecule has 0 aromatic rings. The average molecular weight is 186 g/mol. The molecule has 72 valence electrons. The first-order valence-electron chi connectivity index (χ1n) is 4.35. The SMILES string of the molecule is CC(=O)O[C@@H]1[C@@H]2OC[C@H](O2)[C@@H]2O[C@H]12. The summed E-state index contributed by atoms with van der Waals surface area (Å²) in [5.74, 6) is -0.322. The lowest BCUT2D eigenvalue weighted by Gasteiger charge is -2.23. The first-order valence-corrected chi connectivity index (χ1v) is 4.35. The molecular formula is C8H10O5. The first-order chi connectivity index (χ1) is 6.25. The minimum atomic E-state index is -0.419. The van der Waals surface area contributed by atoms with Gasteiger partial charge in [0.1, 0.15) is 18.3 Å². The van der Waals surface area contributed by atoms with Crippen LogP contribution in [0.5, 0.6) is 0 Å². The molecule has 3 rings (SSSR count). The van der Waals surface area contributed by atoms with Crippen LogP contribution in [0.4, 0.5) is 0 Å². The lowest BCUT2D eigenvalue weighted by Crippen LogP contribution is -2.42. The van der Waals surface area contributed by atoms with Crippen molar-refractivity contribution in [2.75, 3.05) is 6.61 Å². The average Bonchev–Trinajstić information content (AvgIpc) is 2.74. The van der Waals surface area contributed by atoms with Crippen molar-refractivity contribution in [3.8, 4) is 0 Å². The Hall–Kier alpha value is -0.650. The summed E-state index contributed by atoms with van der Waals surface area (Å²) in [6, 6.07) is 0. The molecule has 3 heterocycles. The fourth-order valence-corrected chi connectivity index (χ4v) is 1.95. The van der Waals surface area contributed by atoms with Crippen molar-refractivity contribution in [3.05, 3.63) is 0 Å². The molecule has 5 nitrogen and oxygen atoms in total. The van der Waals surface area contributed by atoms with E-state index in [1.54, 1.807) is 0 Å². The van der Waals surface area contributed by atoms with E-state index in [0.717, 1.165) is 0 Å². The van der Waals surface area contributed by atoms with Gasteiger partial charge in [-0.15, -0.1) is 0 Å². The van der Waals surface area contributed by atoms with E-state index in [1.807, 2.05) is 0 Å². The molecule has 5 atom stereocenters. The van der Waals surface area contributed by atoms with Crippen LogP contribution in [0.15, 0.2) is 0 Å². The largest absolute Gasteiger partial charge is 0.454 e. The number of fused-ring (bicyclic) bond motifs is 4. The summed E-state index contributed by atoms with van der Waals surface area (Å²) >= 11 is 0. The fourth-order valence-electron chi connectivity index (χ4n) is 1.95. The molecule has 0 radical (unpaired) electrons. The highest BCUT2D eigenvalue weighted by Gasteiger charge is 2.62. The second kappa shape index (κ2) is 2.43. The number of hydrogen-bond donors (Lipinski definition) is 0. The lowest BCUT2D eigenvalue weighted by molar-refractivity contribution is -0.181. The van der Waals surface area contributed by atoms with Gasteiger partial charge in [-0.2, -0.15) is 0 Å². The maximum atomic E-state index is 10.8. The van der Waals surface area contributed by atoms with Crippen LogP contribution in [-0.4, -0.2) is 43.3 Å². The molecule has 0 aromatic carbocycles.